The second-order valence-electron chi connectivity index (χ2n) is 7.69. The smallest absolute Gasteiger partial charge is 0.240 e. The fraction of sp³-hybridized carbons (Fsp3) is 0.348. The van der Waals surface area contributed by atoms with Gasteiger partial charge in [0.05, 0.1) is 18.9 Å². The SMILES string of the molecule is CCC1CC(=O)NN=C1c1ccc2nc(-c3ccc(N4CCOCC4)cc3)oc2c1. The normalized spacial score (nSPS) is 19.6. The Labute approximate surface area is 174 Å². The van der Waals surface area contributed by atoms with E-state index in [9.17, 15) is 4.79 Å². The molecule has 2 aliphatic rings. The Balaban J connectivity index is 1.42. The first-order valence-electron chi connectivity index (χ1n) is 10.4. The number of hydrazone groups is 1. The van der Waals surface area contributed by atoms with Crippen molar-refractivity contribution in [1.82, 2.24) is 10.4 Å². The third-order valence-electron chi connectivity index (χ3n) is 5.79. The number of anilines is 1. The number of nitrogens with one attached hydrogen (secondary N) is 1. The number of morpholine rings is 1. The molecule has 30 heavy (non-hydrogen) atoms. The monoisotopic (exact) mass is 404 g/mol. The Morgan fingerprint density at radius 1 is 1.10 bits per heavy atom. The molecule has 1 unspecified atom stereocenters. The number of hydrogen-bond acceptors (Lipinski definition) is 6. The van der Waals surface area contributed by atoms with Crippen LogP contribution in [0.1, 0.15) is 25.3 Å². The highest BCUT2D eigenvalue weighted by molar-refractivity contribution is 6.07. The predicted molar refractivity (Wildman–Crippen MR) is 116 cm³/mol. The molecule has 1 aromatic heterocycles. The third-order valence-corrected chi connectivity index (χ3v) is 5.79. The van der Waals surface area contributed by atoms with Crippen LogP contribution in [-0.2, 0) is 9.53 Å². The van der Waals surface area contributed by atoms with E-state index in [1.807, 2.05) is 30.3 Å². The molecule has 0 saturated carbocycles. The maximum Gasteiger partial charge on any atom is 0.240 e. The van der Waals surface area contributed by atoms with E-state index in [4.69, 9.17) is 9.15 Å². The van der Waals surface area contributed by atoms with Crippen LogP contribution in [0.5, 0.6) is 0 Å². The number of oxazole rings is 1. The molecular formula is C23H24N4O3. The number of amides is 1. The molecule has 7 nitrogen and oxygen atoms in total. The summed E-state index contributed by atoms with van der Waals surface area (Å²) in [6, 6.07) is 14.2. The van der Waals surface area contributed by atoms with Gasteiger partial charge in [-0.3, -0.25) is 4.79 Å². The van der Waals surface area contributed by atoms with Gasteiger partial charge in [0.2, 0.25) is 11.8 Å². The van der Waals surface area contributed by atoms with Crippen molar-refractivity contribution in [3.05, 3.63) is 48.0 Å². The summed E-state index contributed by atoms with van der Waals surface area (Å²) in [4.78, 5) is 18.6. The minimum Gasteiger partial charge on any atom is -0.436 e. The second kappa shape index (κ2) is 7.91. The van der Waals surface area contributed by atoms with Crippen molar-refractivity contribution in [2.45, 2.75) is 19.8 Å². The summed E-state index contributed by atoms with van der Waals surface area (Å²) >= 11 is 0. The van der Waals surface area contributed by atoms with E-state index in [0.717, 1.165) is 55.1 Å². The molecule has 1 amide bonds. The lowest BCUT2D eigenvalue weighted by atomic mass is 9.90. The topological polar surface area (TPSA) is 80.0 Å². The lowest BCUT2D eigenvalue weighted by Crippen LogP contribution is -2.36. The lowest BCUT2D eigenvalue weighted by Gasteiger charge is -2.28. The number of rotatable bonds is 4. The minimum atomic E-state index is -0.0332. The van der Waals surface area contributed by atoms with Gasteiger partial charge in [-0.15, -0.1) is 0 Å². The molecule has 1 saturated heterocycles. The van der Waals surface area contributed by atoms with Gasteiger partial charge >= 0.3 is 0 Å². The van der Waals surface area contributed by atoms with E-state index >= 15 is 0 Å². The summed E-state index contributed by atoms with van der Waals surface area (Å²) in [5, 5.41) is 4.30. The molecule has 3 heterocycles. The van der Waals surface area contributed by atoms with Crippen molar-refractivity contribution < 1.29 is 13.9 Å². The Hall–Kier alpha value is -3.19. The minimum absolute atomic E-state index is 0.0332. The van der Waals surface area contributed by atoms with E-state index < -0.39 is 0 Å². The first kappa shape index (κ1) is 18.8. The van der Waals surface area contributed by atoms with Gasteiger partial charge < -0.3 is 14.1 Å². The standard InChI is InChI=1S/C23H24N4O3/c1-2-15-14-21(28)25-26-22(15)17-5-8-19-20(13-17)30-23(24-19)16-3-6-18(7-4-16)27-9-11-29-12-10-27/h3-8,13,15H,2,9-12,14H2,1H3,(H,25,28). The van der Waals surface area contributed by atoms with E-state index in [2.05, 4.69) is 39.5 Å². The molecule has 2 aliphatic heterocycles. The molecule has 0 aliphatic carbocycles. The zero-order valence-corrected chi connectivity index (χ0v) is 16.9. The van der Waals surface area contributed by atoms with E-state index in [1.54, 1.807) is 0 Å². The second-order valence-corrected chi connectivity index (χ2v) is 7.69. The van der Waals surface area contributed by atoms with E-state index in [0.29, 0.717) is 17.9 Å². The highest BCUT2D eigenvalue weighted by Crippen LogP contribution is 2.29. The van der Waals surface area contributed by atoms with Crippen LogP contribution in [0.4, 0.5) is 5.69 Å². The number of carbonyl (C=O) groups excluding carboxylic acids is 1. The Morgan fingerprint density at radius 3 is 2.63 bits per heavy atom. The van der Waals surface area contributed by atoms with Gasteiger partial charge in [-0.25, -0.2) is 10.4 Å². The summed E-state index contributed by atoms with van der Waals surface area (Å²) in [6.07, 6.45) is 1.33. The van der Waals surface area contributed by atoms with Crippen molar-refractivity contribution in [3.63, 3.8) is 0 Å². The molecule has 154 valence electrons. The van der Waals surface area contributed by atoms with Gasteiger partial charge in [0.25, 0.3) is 0 Å². The quantitative estimate of drug-likeness (QED) is 0.719. The number of hydrogen-bond donors (Lipinski definition) is 1. The number of fused-ring (bicyclic) bond motifs is 1. The molecule has 5 rings (SSSR count). The van der Waals surface area contributed by atoms with Gasteiger partial charge in [0.1, 0.15) is 5.52 Å². The van der Waals surface area contributed by atoms with Crippen LogP contribution in [0.2, 0.25) is 0 Å². The summed E-state index contributed by atoms with van der Waals surface area (Å²) < 4.78 is 11.5. The largest absolute Gasteiger partial charge is 0.436 e. The molecule has 7 heteroatoms. The summed E-state index contributed by atoms with van der Waals surface area (Å²) in [5.74, 6) is 0.682. The van der Waals surface area contributed by atoms with Crippen molar-refractivity contribution in [3.8, 4) is 11.5 Å². The number of aromatic nitrogens is 1. The molecular weight excluding hydrogens is 380 g/mol. The highest BCUT2D eigenvalue weighted by atomic mass is 16.5. The number of ether oxygens (including phenoxy) is 1. The summed E-state index contributed by atoms with van der Waals surface area (Å²) in [7, 11) is 0. The molecule has 2 aromatic carbocycles. The Morgan fingerprint density at radius 2 is 1.87 bits per heavy atom. The molecule has 0 bridgehead atoms. The zero-order valence-electron chi connectivity index (χ0n) is 16.9. The van der Waals surface area contributed by atoms with Crippen LogP contribution in [0.3, 0.4) is 0 Å². The number of carbonyl (C=O) groups is 1. The van der Waals surface area contributed by atoms with Crippen molar-refractivity contribution >= 4 is 28.4 Å². The van der Waals surface area contributed by atoms with Gasteiger partial charge in [-0.2, -0.15) is 5.10 Å². The average Bonchev–Trinajstić information content (AvgIpc) is 3.23. The molecule has 0 spiro atoms. The first-order chi connectivity index (χ1) is 14.7. The lowest BCUT2D eigenvalue weighted by molar-refractivity contribution is -0.122. The van der Waals surface area contributed by atoms with E-state index in [1.165, 1.54) is 5.69 Å². The average molecular weight is 404 g/mol. The van der Waals surface area contributed by atoms with Crippen LogP contribution >= 0.6 is 0 Å². The van der Waals surface area contributed by atoms with Crippen molar-refractivity contribution in [1.29, 1.82) is 0 Å². The van der Waals surface area contributed by atoms with Gasteiger partial charge in [-0.1, -0.05) is 13.0 Å². The zero-order chi connectivity index (χ0) is 20.5. The molecule has 1 N–H and O–H groups in total. The fourth-order valence-corrected chi connectivity index (χ4v) is 4.06. The predicted octanol–water partition coefficient (Wildman–Crippen LogP) is 3.58. The van der Waals surface area contributed by atoms with Crippen LogP contribution in [-0.4, -0.2) is 42.9 Å². The summed E-state index contributed by atoms with van der Waals surface area (Å²) in [5.41, 5.74) is 8.10. The van der Waals surface area contributed by atoms with Gasteiger partial charge in [-0.05, 0) is 42.8 Å². The number of nitrogens with zero attached hydrogens (tertiary/aromatic N) is 3. The number of benzene rings is 2. The van der Waals surface area contributed by atoms with Crippen LogP contribution < -0.4 is 10.3 Å². The van der Waals surface area contributed by atoms with Crippen LogP contribution in [0.15, 0.2) is 52.0 Å². The van der Waals surface area contributed by atoms with Gasteiger partial charge in [0, 0.05) is 42.2 Å². The van der Waals surface area contributed by atoms with Crippen molar-refractivity contribution in [2.24, 2.45) is 11.0 Å². The van der Waals surface area contributed by atoms with Gasteiger partial charge in [0.15, 0.2) is 5.58 Å². The maximum atomic E-state index is 11.7. The Kier molecular flexibility index (Phi) is 4.96. The highest BCUT2D eigenvalue weighted by Gasteiger charge is 2.24. The maximum absolute atomic E-state index is 11.7. The molecule has 1 fully saturated rings. The molecule has 1 atom stereocenters. The fourth-order valence-electron chi connectivity index (χ4n) is 4.06. The summed E-state index contributed by atoms with van der Waals surface area (Å²) in [6.45, 7) is 5.43. The molecule has 0 radical (unpaired) electrons. The van der Waals surface area contributed by atoms with E-state index in [-0.39, 0.29) is 11.8 Å². The van der Waals surface area contributed by atoms with Crippen LogP contribution in [0, 0.1) is 5.92 Å². The molecule has 3 aromatic rings. The van der Waals surface area contributed by atoms with Crippen molar-refractivity contribution in [2.75, 3.05) is 31.2 Å². The van der Waals surface area contributed by atoms with Crippen LogP contribution in [0.25, 0.3) is 22.6 Å². The first-order valence-corrected chi connectivity index (χ1v) is 10.4. The third kappa shape index (κ3) is 3.57. The Bertz CT molecular complexity index is 1100.